The van der Waals surface area contributed by atoms with Crippen LogP contribution in [0.5, 0.6) is 0 Å². The fourth-order valence-corrected chi connectivity index (χ4v) is 2.72. The van der Waals surface area contributed by atoms with Crippen molar-refractivity contribution in [3.63, 3.8) is 0 Å². The number of nitrogens with one attached hydrogen (secondary N) is 1. The Kier molecular flexibility index (Phi) is 4.77. The van der Waals surface area contributed by atoms with E-state index in [0.717, 1.165) is 18.4 Å². The molecule has 2 aromatic carbocycles. The molecule has 1 aliphatic carbocycles. The molecule has 0 saturated heterocycles. The van der Waals surface area contributed by atoms with Gasteiger partial charge in [-0.25, -0.2) is 0 Å². The van der Waals surface area contributed by atoms with Gasteiger partial charge < -0.3 is 5.32 Å². The lowest BCUT2D eigenvalue weighted by atomic mass is 10.0. The van der Waals surface area contributed by atoms with E-state index in [4.69, 9.17) is 5.26 Å². The van der Waals surface area contributed by atoms with Crippen LogP contribution in [0.2, 0.25) is 0 Å². The largest absolute Gasteiger partial charge is 0.345 e. The van der Waals surface area contributed by atoms with E-state index in [2.05, 4.69) is 42.6 Å². The second-order valence-electron chi connectivity index (χ2n) is 6.30. The first kappa shape index (κ1) is 16.0. The smallest absolute Gasteiger partial charge is 0.244 e. The number of aryl methyl sites for hydroxylation is 1. The number of nitrogens with zero attached hydrogens (tertiary/aromatic N) is 1. The van der Waals surface area contributed by atoms with Crippen molar-refractivity contribution in [1.29, 1.82) is 5.26 Å². The van der Waals surface area contributed by atoms with Crippen molar-refractivity contribution in [3.05, 3.63) is 76.9 Å². The molecule has 24 heavy (non-hydrogen) atoms. The van der Waals surface area contributed by atoms with Crippen LogP contribution in [-0.4, -0.2) is 5.91 Å². The van der Waals surface area contributed by atoms with E-state index in [9.17, 15) is 4.79 Å². The van der Waals surface area contributed by atoms with Gasteiger partial charge in [0.05, 0.1) is 17.7 Å². The van der Waals surface area contributed by atoms with Crippen LogP contribution in [0.25, 0.3) is 6.08 Å². The van der Waals surface area contributed by atoms with Crippen LogP contribution in [0.3, 0.4) is 0 Å². The summed E-state index contributed by atoms with van der Waals surface area (Å²) in [7, 11) is 0. The van der Waals surface area contributed by atoms with Crippen LogP contribution in [0.15, 0.2) is 54.6 Å². The minimum Gasteiger partial charge on any atom is -0.345 e. The Bertz CT molecular complexity index is 778. The molecule has 1 amide bonds. The lowest BCUT2D eigenvalue weighted by molar-refractivity contribution is -0.117. The van der Waals surface area contributed by atoms with E-state index in [0.29, 0.717) is 11.5 Å². The predicted molar refractivity (Wildman–Crippen MR) is 95.0 cm³/mol. The number of hydrogen-bond acceptors (Lipinski definition) is 2. The zero-order valence-corrected chi connectivity index (χ0v) is 13.7. The predicted octanol–water partition coefficient (Wildman–Crippen LogP) is 4.15. The summed E-state index contributed by atoms with van der Waals surface area (Å²) in [5.41, 5.74) is 3.91. The molecule has 0 spiro atoms. The molecule has 0 aromatic heterocycles. The van der Waals surface area contributed by atoms with Crippen molar-refractivity contribution in [2.45, 2.75) is 25.8 Å². The standard InChI is InChI=1S/C21H20N2O/c1-15-2-9-18(10-3-15)21(19-11-12-19)23-20(24)13-8-16-4-6-17(14-22)7-5-16/h2-10,13,19,21H,11-12H2,1H3,(H,23,24)/b13-8+. The van der Waals surface area contributed by atoms with Crippen molar-refractivity contribution in [3.8, 4) is 6.07 Å². The molecular formula is C21H20N2O. The average Bonchev–Trinajstić information content (AvgIpc) is 3.44. The van der Waals surface area contributed by atoms with Gasteiger partial charge in [-0.1, -0.05) is 42.0 Å². The van der Waals surface area contributed by atoms with Gasteiger partial charge in [-0.3, -0.25) is 4.79 Å². The van der Waals surface area contributed by atoms with E-state index in [-0.39, 0.29) is 11.9 Å². The molecular weight excluding hydrogens is 296 g/mol. The molecule has 1 fully saturated rings. The van der Waals surface area contributed by atoms with E-state index in [1.165, 1.54) is 11.1 Å². The third-order valence-electron chi connectivity index (χ3n) is 4.29. The van der Waals surface area contributed by atoms with Gasteiger partial charge >= 0.3 is 0 Å². The summed E-state index contributed by atoms with van der Waals surface area (Å²) in [6.07, 6.45) is 5.66. The first-order valence-electron chi connectivity index (χ1n) is 8.21. The molecule has 3 rings (SSSR count). The minimum absolute atomic E-state index is 0.0863. The van der Waals surface area contributed by atoms with Crippen molar-refractivity contribution >= 4 is 12.0 Å². The number of benzene rings is 2. The Morgan fingerprint density at radius 1 is 1.17 bits per heavy atom. The number of amides is 1. The molecule has 0 bridgehead atoms. The highest BCUT2D eigenvalue weighted by Gasteiger charge is 2.32. The van der Waals surface area contributed by atoms with Crippen LogP contribution in [0.1, 0.15) is 41.1 Å². The normalized spacial score (nSPS) is 15.0. The second kappa shape index (κ2) is 7.14. The summed E-state index contributed by atoms with van der Waals surface area (Å²) in [4.78, 5) is 12.3. The number of carbonyl (C=O) groups is 1. The lowest BCUT2D eigenvalue weighted by Crippen LogP contribution is -2.28. The third kappa shape index (κ3) is 4.11. The van der Waals surface area contributed by atoms with Gasteiger partial charge in [0.1, 0.15) is 0 Å². The topological polar surface area (TPSA) is 52.9 Å². The number of hydrogen-bond donors (Lipinski definition) is 1. The van der Waals surface area contributed by atoms with Crippen LogP contribution in [0, 0.1) is 24.2 Å². The van der Waals surface area contributed by atoms with Crippen molar-refractivity contribution < 1.29 is 4.79 Å². The quantitative estimate of drug-likeness (QED) is 0.843. The summed E-state index contributed by atoms with van der Waals surface area (Å²) in [6.45, 7) is 2.06. The molecule has 0 aliphatic heterocycles. The Morgan fingerprint density at radius 2 is 1.83 bits per heavy atom. The maximum atomic E-state index is 12.3. The lowest BCUT2D eigenvalue weighted by Gasteiger charge is -2.18. The summed E-state index contributed by atoms with van der Waals surface area (Å²) < 4.78 is 0. The fraction of sp³-hybridized carbons (Fsp3) is 0.238. The number of carbonyl (C=O) groups excluding carboxylic acids is 1. The molecule has 0 heterocycles. The van der Waals surface area contributed by atoms with Crippen molar-refractivity contribution in [2.24, 2.45) is 5.92 Å². The van der Waals surface area contributed by atoms with Gasteiger partial charge in [-0.05, 0) is 55.0 Å². The van der Waals surface area contributed by atoms with Crippen LogP contribution in [-0.2, 0) is 4.79 Å². The van der Waals surface area contributed by atoms with Crippen LogP contribution >= 0.6 is 0 Å². The van der Waals surface area contributed by atoms with Gasteiger partial charge in [-0.15, -0.1) is 0 Å². The maximum absolute atomic E-state index is 12.3. The SMILES string of the molecule is Cc1ccc(C(NC(=O)/C=C/c2ccc(C#N)cc2)C2CC2)cc1. The zero-order chi connectivity index (χ0) is 16.9. The molecule has 1 N–H and O–H groups in total. The molecule has 1 saturated carbocycles. The van der Waals surface area contributed by atoms with Crippen LogP contribution in [0.4, 0.5) is 0 Å². The summed E-state index contributed by atoms with van der Waals surface area (Å²) >= 11 is 0. The Hall–Kier alpha value is -2.86. The molecule has 1 atom stereocenters. The van der Waals surface area contributed by atoms with Gasteiger partial charge in [0, 0.05) is 6.08 Å². The van der Waals surface area contributed by atoms with Gasteiger partial charge in [-0.2, -0.15) is 5.26 Å². The van der Waals surface area contributed by atoms with Crippen LogP contribution < -0.4 is 5.32 Å². The Labute approximate surface area is 142 Å². The third-order valence-corrected chi connectivity index (χ3v) is 4.29. The average molecular weight is 316 g/mol. The molecule has 3 heteroatoms. The van der Waals surface area contributed by atoms with Gasteiger partial charge in [0.25, 0.3) is 0 Å². The molecule has 2 aromatic rings. The molecule has 3 nitrogen and oxygen atoms in total. The summed E-state index contributed by atoms with van der Waals surface area (Å²) in [5, 5.41) is 11.9. The van der Waals surface area contributed by atoms with Gasteiger partial charge in [0.2, 0.25) is 5.91 Å². The highest BCUT2D eigenvalue weighted by molar-refractivity contribution is 5.92. The Morgan fingerprint density at radius 3 is 2.42 bits per heavy atom. The molecule has 1 aliphatic rings. The van der Waals surface area contributed by atoms with Crippen molar-refractivity contribution in [2.75, 3.05) is 0 Å². The van der Waals surface area contributed by atoms with Gasteiger partial charge in [0.15, 0.2) is 0 Å². The monoisotopic (exact) mass is 316 g/mol. The zero-order valence-electron chi connectivity index (χ0n) is 13.7. The second-order valence-corrected chi connectivity index (χ2v) is 6.30. The summed E-state index contributed by atoms with van der Waals surface area (Å²) in [5.74, 6) is 0.455. The number of rotatable bonds is 5. The van der Waals surface area contributed by atoms with E-state index in [1.807, 2.05) is 12.1 Å². The maximum Gasteiger partial charge on any atom is 0.244 e. The Balaban J connectivity index is 1.66. The summed E-state index contributed by atoms with van der Waals surface area (Å²) in [6, 6.07) is 17.7. The van der Waals surface area contributed by atoms with E-state index < -0.39 is 0 Å². The highest BCUT2D eigenvalue weighted by Crippen LogP contribution is 2.41. The molecule has 0 radical (unpaired) electrons. The fourth-order valence-electron chi connectivity index (χ4n) is 2.72. The first-order chi connectivity index (χ1) is 11.7. The van der Waals surface area contributed by atoms with E-state index >= 15 is 0 Å². The molecule has 120 valence electrons. The number of nitriles is 1. The van der Waals surface area contributed by atoms with E-state index in [1.54, 1.807) is 24.3 Å². The minimum atomic E-state index is -0.0863. The molecule has 1 unspecified atom stereocenters. The first-order valence-corrected chi connectivity index (χ1v) is 8.21. The van der Waals surface area contributed by atoms with Crippen molar-refractivity contribution in [1.82, 2.24) is 5.32 Å². The highest BCUT2D eigenvalue weighted by atomic mass is 16.1.